The van der Waals surface area contributed by atoms with Gasteiger partial charge in [-0.1, -0.05) is 0 Å². The largest absolute Gasteiger partial charge is 0.442 e. The van der Waals surface area contributed by atoms with Crippen molar-refractivity contribution in [1.82, 2.24) is 20.0 Å². The third kappa shape index (κ3) is 2.96. The molecule has 0 aliphatic rings. The first-order valence-electron chi connectivity index (χ1n) is 7.15. The van der Waals surface area contributed by atoms with Gasteiger partial charge in [0.25, 0.3) is 5.69 Å². The highest BCUT2D eigenvalue weighted by atomic mass is 16.6. The first kappa shape index (κ1) is 15.7. The van der Waals surface area contributed by atoms with Crippen molar-refractivity contribution in [3.8, 4) is 11.3 Å². The van der Waals surface area contributed by atoms with Gasteiger partial charge in [-0.15, -0.1) is 0 Å². The van der Waals surface area contributed by atoms with Crippen LogP contribution >= 0.6 is 0 Å². The van der Waals surface area contributed by atoms with Gasteiger partial charge in [0.1, 0.15) is 11.3 Å². The first-order chi connectivity index (χ1) is 11.2. The number of hydrogen-bond donors (Lipinski definition) is 1. The van der Waals surface area contributed by atoms with Gasteiger partial charge in [-0.25, -0.2) is 4.79 Å². The van der Waals surface area contributed by atoms with E-state index < -0.39 is 16.6 Å². The molecular weight excluding hydrogens is 314 g/mol. The van der Waals surface area contributed by atoms with Gasteiger partial charge < -0.3 is 4.74 Å². The number of nitrogens with one attached hydrogen (secondary N) is 1. The van der Waals surface area contributed by atoms with Crippen molar-refractivity contribution in [2.24, 2.45) is 0 Å². The highest BCUT2D eigenvalue weighted by Crippen LogP contribution is 2.29. The second kappa shape index (κ2) is 5.44. The standard InChI is InChI=1S/C15H15N5O4/c1-15(2,3)24-14(21)19-8-9(7-16-19)13-11-6-10(20(22)23)4-5-12(11)17-18-13/h4-8H,1-3H3,(H,17,18). The summed E-state index contributed by atoms with van der Waals surface area (Å²) >= 11 is 0. The second-order valence-electron chi connectivity index (χ2n) is 6.21. The fourth-order valence-electron chi connectivity index (χ4n) is 2.19. The number of aromatic nitrogens is 4. The van der Waals surface area contributed by atoms with Gasteiger partial charge in [0.15, 0.2) is 0 Å². The molecule has 0 amide bonds. The van der Waals surface area contributed by atoms with Gasteiger partial charge in [0, 0.05) is 29.3 Å². The maximum absolute atomic E-state index is 12.0. The molecule has 0 bridgehead atoms. The lowest BCUT2D eigenvalue weighted by Crippen LogP contribution is -2.27. The molecule has 0 aliphatic heterocycles. The molecule has 9 heteroatoms. The zero-order valence-electron chi connectivity index (χ0n) is 13.3. The Labute approximate surface area is 136 Å². The molecule has 24 heavy (non-hydrogen) atoms. The third-order valence-corrected chi connectivity index (χ3v) is 3.19. The van der Waals surface area contributed by atoms with E-state index in [1.165, 1.54) is 24.5 Å². The summed E-state index contributed by atoms with van der Waals surface area (Å²) in [5.41, 5.74) is 1.00. The molecule has 3 aromatic rings. The summed E-state index contributed by atoms with van der Waals surface area (Å²) in [6.07, 6.45) is 2.32. The molecule has 0 atom stereocenters. The van der Waals surface area contributed by atoms with Crippen molar-refractivity contribution in [2.75, 3.05) is 0 Å². The topological polar surface area (TPSA) is 116 Å². The number of nitro groups is 1. The van der Waals surface area contributed by atoms with Crippen LogP contribution < -0.4 is 0 Å². The van der Waals surface area contributed by atoms with Crippen LogP contribution in [0.3, 0.4) is 0 Å². The molecule has 0 aliphatic carbocycles. The monoisotopic (exact) mass is 329 g/mol. The number of aromatic amines is 1. The molecule has 124 valence electrons. The Kier molecular flexibility index (Phi) is 3.55. The van der Waals surface area contributed by atoms with E-state index in [-0.39, 0.29) is 5.69 Å². The Bertz CT molecular complexity index is 935. The molecule has 0 radical (unpaired) electrons. The molecule has 2 heterocycles. The molecule has 9 nitrogen and oxygen atoms in total. The Morgan fingerprint density at radius 2 is 2.12 bits per heavy atom. The highest BCUT2D eigenvalue weighted by Gasteiger charge is 2.20. The number of hydrogen-bond acceptors (Lipinski definition) is 6. The van der Waals surface area contributed by atoms with Crippen molar-refractivity contribution in [3.05, 3.63) is 40.7 Å². The third-order valence-electron chi connectivity index (χ3n) is 3.19. The van der Waals surface area contributed by atoms with Gasteiger partial charge in [0.05, 0.1) is 16.6 Å². The molecule has 0 unspecified atom stereocenters. The van der Waals surface area contributed by atoms with E-state index in [4.69, 9.17) is 4.74 Å². The second-order valence-corrected chi connectivity index (χ2v) is 6.21. The van der Waals surface area contributed by atoms with Crippen LogP contribution in [0.1, 0.15) is 20.8 Å². The van der Waals surface area contributed by atoms with Crippen LogP contribution in [0.15, 0.2) is 30.6 Å². The minimum Gasteiger partial charge on any atom is -0.442 e. The zero-order chi connectivity index (χ0) is 17.5. The molecule has 1 aromatic carbocycles. The number of carbonyl (C=O) groups is 1. The summed E-state index contributed by atoms with van der Waals surface area (Å²) in [5, 5.41) is 22.5. The maximum atomic E-state index is 12.0. The maximum Gasteiger partial charge on any atom is 0.435 e. The minimum atomic E-state index is -0.636. The summed E-state index contributed by atoms with van der Waals surface area (Å²) in [5.74, 6) is 0. The number of non-ortho nitro benzene ring substituents is 1. The number of nitrogens with zero attached hydrogens (tertiary/aromatic N) is 4. The molecule has 0 fully saturated rings. The summed E-state index contributed by atoms with van der Waals surface area (Å²) in [7, 11) is 0. The SMILES string of the molecule is CC(C)(C)OC(=O)n1cc(-c2n[nH]c3ccc([N+](=O)[O-])cc23)cn1. The Morgan fingerprint density at radius 3 is 2.79 bits per heavy atom. The molecule has 2 aromatic heterocycles. The molecule has 0 saturated heterocycles. The van der Waals surface area contributed by atoms with E-state index in [1.807, 2.05) is 0 Å². The summed E-state index contributed by atoms with van der Waals surface area (Å²) < 4.78 is 6.30. The number of rotatable bonds is 2. The van der Waals surface area contributed by atoms with Crippen LogP contribution in [0, 0.1) is 10.1 Å². The van der Waals surface area contributed by atoms with E-state index in [0.29, 0.717) is 22.2 Å². The van der Waals surface area contributed by atoms with E-state index >= 15 is 0 Å². The highest BCUT2D eigenvalue weighted by molar-refractivity contribution is 5.94. The van der Waals surface area contributed by atoms with Gasteiger partial charge in [-0.3, -0.25) is 15.2 Å². The Morgan fingerprint density at radius 1 is 1.38 bits per heavy atom. The van der Waals surface area contributed by atoms with E-state index in [0.717, 1.165) is 4.68 Å². The van der Waals surface area contributed by atoms with Crippen LogP contribution in [-0.4, -0.2) is 36.6 Å². The van der Waals surface area contributed by atoms with E-state index in [2.05, 4.69) is 15.3 Å². The molecule has 0 saturated carbocycles. The van der Waals surface area contributed by atoms with Crippen LogP contribution in [0.4, 0.5) is 10.5 Å². The smallest absolute Gasteiger partial charge is 0.435 e. The van der Waals surface area contributed by atoms with Gasteiger partial charge in [-0.05, 0) is 26.8 Å². The number of ether oxygens (including phenoxy) is 1. The lowest BCUT2D eigenvalue weighted by molar-refractivity contribution is -0.384. The number of fused-ring (bicyclic) bond motifs is 1. The lowest BCUT2D eigenvalue weighted by Gasteiger charge is -2.18. The van der Waals surface area contributed by atoms with E-state index in [1.54, 1.807) is 26.8 Å². The molecule has 3 rings (SSSR count). The van der Waals surface area contributed by atoms with Crippen LogP contribution in [0.25, 0.3) is 22.2 Å². The summed E-state index contributed by atoms with van der Waals surface area (Å²) in [6.45, 7) is 5.28. The normalized spacial score (nSPS) is 11.6. The van der Waals surface area contributed by atoms with Crippen molar-refractivity contribution >= 4 is 22.7 Å². The van der Waals surface area contributed by atoms with Crippen LogP contribution in [0.2, 0.25) is 0 Å². The fraction of sp³-hybridized carbons (Fsp3) is 0.267. The number of nitro benzene ring substituents is 1. The molecule has 0 spiro atoms. The first-order valence-corrected chi connectivity index (χ1v) is 7.15. The lowest BCUT2D eigenvalue weighted by atomic mass is 10.1. The van der Waals surface area contributed by atoms with Crippen LogP contribution in [0.5, 0.6) is 0 Å². The van der Waals surface area contributed by atoms with Crippen molar-refractivity contribution < 1.29 is 14.5 Å². The average molecular weight is 329 g/mol. The fourth-order valence-corrected chi connectivity index (χ4v) is 2.19. The minimum absolute atomic E-state index is 0.0373. The zero-order valence-corrected chi connectivity index (χ0v) is 13.3. The predicted molar refractivity (Wildman–Crippen MR) is 85.6 cm³/mol. The van der Waals surface area contributed by atoms with Gasteiger partial charge >= 0.3 is 6.09 Å². The Balaban J connectivity index is 1.98. The summed E-state index contributed by atoms with van der Waals surface area (Å²) in [6, 6.07) is 4.41. The number of benzene rings is 1. The van der Waals surface area contributed by atoms with Gasteiger partial charge in [-0.2, -0.15) is 14.9 Å². The summed E-state index contributed by atoms with van der Waals surface area (Å²) in [4.78, 5) is 22.5. The molecule has 1 N–H and O–H groups in total. The number of carbonyl (C=O) groups excluding carboxylic acids is 1. The quantitative estimate of drug-likeness (QED) is 0.570. The number of H-pyrrole nitrogens is 1. The predicted octanol–water partition coefficient (Wildman–Crippen LogP) is 3.12. The van der Waals surface area contributed by atoms with Crippen molar-refractivity contribution in [1.29, 1.82) is 0 Å². The molecular formula is C15H15N5O4. The van der Waals surface area contributed by atoms with Crippen molar-refractivity contribution in [3.63, 3.8) is 0 Å². The average Bonchev–Trinajstić information content (AvgIpc) is 3.11. The van der Waals surface area contributed by atoms with E-state index in [9.17, 15) is 14.9 Å². The van der Waals surface area contributed by atoms with Gasteiger partial charge in [0.2, 0.25) is 0 Å². The Hall–Kier alpha value is -3.23. The van der Waals surface area contributed by atoms with Crippen LogP contribution in [-0.2, 0) is 4.74 Å². The van der Waals surface area contributed by atoms with Crippen molar-refractivity contribution in [2.45, 2.75) is 26.4 Å².